The molecule has 4 heteroatoms. The highest BCUT2D eigenvalue weighted by Gasteiger charge is 2.24. The van der Waals surface area contributed by atoms with Crippen molar-refractivity contribution >= 4 is 0 Å². The van der Waals surface area contributed by atoms with Gasteiger partial charge in [0.25, 0.3) is 0 Å². The molecule has 1 aliphatic rings. The van der Waals surface area contributed by atoms with E-state index >= 15 is 0 Å². The van der Waals surface area contributed by atoms with E-state index in [1.165, 1.54) is 6.20 Å². The first-order valence-corrected chi connectivity index (χ1v) is 5.72. The summed E-state index contributed by atoms with van der Waals surface area (Å²) < 4.78 is 12.9. The highest BCUT2D eigenvalue weighted by atomic mass is 19.1. The standard InChI is InChI=1S/C12H18FN3/c1-9(14)11-2-3-16(8-11)7-10-4-12(13)6-15-5-10/h4-6,9,11H,2-3,7-8,14H2,1H3. The van der Waals surface area contributed by atoms with Crippen LogP contribution in [0.5, 0.6) is 0 Å². The fourth-order valence-corrected chi connectivity index (χ4v) is 2.24. The molecule has 1 aromatic rings. The molecule has 0 amide bonds. The third-order valence-corrected chi connectivity index (χ3v) is 3.22. The summed E-state index contributed by atoms with van der Waals surface area (Å²) in [5.41, 5.74) is 6.81. The minimum Gasteiger partial charge on any atom is -0.328 e. The monoisotopic (exact) mass is 223 g/mol. The van der Waals surface area contributed by atoms with Gasteiger partial charge >= 0.3 is 0 Å². The molecule has 1 saturated heterocycles. The molecule has 0 aromatic carbocycles. The van der Waals surface area contributed by atoms with Gasteiger partial charge in [-0.15, -0.1) is 0 Å². The number of pyridine rings is 1. The van der Waals surface area contributed by atoms with Crippen molar-refractivity contribution in [3.8, 4) is 0 Å². The van der Waals surface area contributed by atoms with E-state index in [0.717, 1.165) is 31.6 Å². The van der Waals surface area contributed by atoms with Crippen LogP contribution in [0.3, 0.4) is 0 Å². The lowest BCUT2D eigenvalue weighted by Crippen LogP contribution is -2.29. The van der Waals surface area contributed by atoms with Crippen LogP contribution in [-0.2, 0) is 6.54 Å². The molecule has 2 rings (SSSR count). The second-order valence-electron chi connectivity index (χ2n) is 4.65. The normalized spacial score (nSPS) is 23.6. The Labute approximate surface area is 95.5 Å². The minimum absolute atomic E-state index is 0.246. The van der Waals surface area contributed by atoms with E-state index in [1.54, 1.807) is 12.3 Å². The van der Waals surface area contributed by atoms with Crippen LogP contribution in [0.25, 0.3) is 0 Å². The maximum Gasteiger partial charge on any atom is 0.141 e. The molecule has 0 aliphatic carbocycles. The molecule has 0 saturated carbocycles. The van der Waals surface area contributed by atoms with Gasteiger partial charge in [0, 0.05) is 25.3 Å². The zero-order valence-corrected chi connectivity index (χ0v) is 9.56. The summed E-state index contributed by atoms with van der Waals surface area (Å²) in [6, 6.07) is 1.79. The number of hydrogen-bond acceptors (Lipinski definition) is 3. The van der Waals surface area contributed by atoms with Gasteiger partial charge in [0.05, 0.1) is 6.20 Å². The van der Waals surface area contributed by atoms with Crippen LogP contribution in [0.1, 0.15) is 18.9 Å². The summed E-state index contributed by atoms with van der Waals surface area (Å²) in [4.78, 5) is 6.16. The zero-order chi connectivity index (χ0) is 11.5. The van der Waals surface area contributed by atoms with Gasteiger partial charge in [-0.2, -0.15) is 0 Å². The van der Waals surface area contributed by atoms with E-state index < -0.39 is 0 Å². The maximum absolute atomic E-state index is 12.9. The number of aromatic nitrogens is 1. The van der Waals surface area contributed by atoms with E-state index in [-0.39, 0.29) is 11.9 Å². The second kappa shape index (κ2) is 4.89. The van der Waals surface area contributed by atoms with Crippen molar-refractivity contribution in [2.75, 3.05) is 13.1 Å². The first-order valence-electron chi connectivity index (χ1n) is 5.72. The van der Waals surface area contributed by atoms with Gasteiger partial charge in [-0.1, -0.05) is 0 Å². The Morgan fingerprint density at radius 1 is 1.62 bits per heavy atom. The summed E-state index contributed by atoms with van der Waals surface area (Å²) in [6.45, 7) is 4.88. The van der Waals surface area contributed by atoms with Crippen molar-refractivity contribution in [2.45, 2.75) is 25.9 Å². The largest absolute Gasteiger partial charge is 0.328 e. The summed E-state index contributed by atoms with van der Waals surface area (Å²) >= 11 is 0. The third kappa shape index (κ3) is 2.77. The van der Waals surface area contributed by atoms with Crippen molar-refractivity contribution in [3.05, 3.63) is 29.8 Å². The van der Waals surface area contributed by atoms with Crippen molar-refractivity contribution in [1.29, 1.82) is 0 Å². The second-order valence-corrected chi connectivity index (χ2v) is 4.65. The van der Waals surface area contributed by atoms with Crippen LogP contribution in [0.2, 0.25) is 0 Å². The molecule has 1 fully saturated rings. The molecule has 0 spiro atoms. The molecular formula is C12H18FN3. The minimum atomic E-state index is -0.263. The number of nitrogens with two attached hydrogens (primary N) is 1. The number of likely N-dealkylation sites (tertiary alicyclic amines) is 1. The first kappa shape index (κ1) is 11.5. The molecular weight excluding hydrogens is 205 g/mol. The summed E-state index contributed by atoms with van der Waals surface area (Å²) in [7, 11) is 0. The van der Waals surface area contributed by atoms with Gasteiger partial charge in [-0.05, 0) is 37.4 Å². The van der Waals surface area contributed by atoms with Gasteiger partial charge in [0.1, 0.15) is 5.82 Å². The van der Waals surface area contributed by atoms with Crippen LogP contribution in [0, 0.1) is 11.7 Å². The molecule has 0 radical (unpaired) electrons. The van der Waals surface area contributed by atoms with Crippen molar-refractivity contribution in [1.82, 2.24) is 9.88 Å². The van der Waals surface area contributed by atoms with Gasteiger partial charge < -0.3 is 5.73 Å². The van der Waals surface area contributed by atoms with E-state index in [1.807, 2.05) is 0 Å². The highest BCUT2D eigenvalue weighted by Crippen LogP contribution is 2.20. The van der Waals surface area contributed by atoms with Gasteiger partial charge in [0.15, 0.2) is 0 Å². The average Bonchev–Trinajstić information content (AvgIpc) is 2.66. The Kier molecular flexibility index (Phi) is 3.51. The fraction of sp³-hybridized carbons (Fsp3) is 0.583. The summed E-state index contributed by atoms with van der Waals surface area (Å²) in [5.74, 6) is 0.307. The van der Waals surface area contributed by atoms with Crippen LogP contribution in [0.4, 0.5) is 4.39 Å². The maximum atomic E-state index is 12.9. The first-order chi connectivity index (χ1) is 7.65. The number of nitrogens with zero attached hydrogens (tertiary/aromatic N) is 2. The lowest BCUT2D eigenvalue weighted by Gasteiger charge is -2.17. The number of hydrogen-bond donors (Lipinski definition) is 1. The topological polar surface area (TPSA) is 42.1 Å². The molecule has 16 heavy (non-hydrogen) atoms. The predicted octanol–water partition coefficient (Wildman–Crippen LogP) is 1.39. The Balaban J connectivity index is 1.92. The Morgan fingerprint density at radius 2 is 2.44 bits per heavy atom. The van der Waals surface area contributed by atoms with Crippen LogP contribution in [0.15, 0.2) is 18.5 Å². The lowest BCUT2D eigenvalue weighted by atomic mass is 10.0. The summed E-state index contributed by atoms with van der Waals surface area (Å²) in [6.07, 6.45) is 4.10. The molecule has 3 nitrogen and oxygen atoms in total. The molecule has 2 N–H and O–H groups in total. The van der Waals surface area contributed by atoms with Crippen LogP contribution >= 0.6 is 0 Å². The Bertz CT molecular complexity index is 354. The van der Waals surface area contributed by atoms with Gasteiger partial charge in [0.2, 0.25) is 0 Å². The SMILES string of the molecule is CC(N)C1CCN(Cc2cncc(F)c2)C1. The van der Waals surface area contributed by atoms with Crippen molar-refractivity contribution in [3.63, 3.8) is 0 Å². The molecule has 2 unspecified atom stereocenters. The van der Waals surface area contributed by atoms with E-state index in [9.17, 15) is 4.39 Å². The fourth-order valence-electron chi connectivity index (χ4n) is 2.24. The van der Waals surface area contributed by atoms with E-state index in [2.05, 4.69) is 16.8 Å². The van der Waals surface area contributed by atoms with Crippen molar-refractivity contribution in [2.24, 2.45) is 11.7 Å². The zero-order valence-electron chi connectivity index (χ0n) is 9.56. The van der Waals surface area contributed by atoms with Gasteiger partial charge in [-0.3, -0.25) is 9.88 Å². The predicted molar refractivity (Wildman–Crippen MR) is 61.2 cm³/mol. The molecule has 0 bridgehead atoms. The smallest absolute Gasteiger partial charge is 0.141 e. The third-order valence-electron chi connectivity index (χ3n) is 3.22. The average molecular weight is 223 g/mol. The lowest BCUT2D eigenvalue weighted by molar-refractivity contribution is 0.307. The van der Waals surface area contributed by atoms with Gasteiger partial charge in [-0.25, -0.2) is 4.39 Å². The summed E-state index contributed by atoms with van der Waals surface area (Å²) in [5, 5.41) is 0. The highest BCUT2D eigenvalue weighted by molar-refractivity contribution is 5.10. The van der Waals surface area contributed by atoms with Crippen LogP contribution in [-0.4, -0.2) is 29.0 Å². The number of rotatable bonds is 3. The molecule has 2 atom stereocenters. The Morgan fingerprint density at radius 3 is 3.06 bits per heavy atom. The number of halogens is 1. The molecule has 2 heterocycles. The van der Waals surface area contributed by atoms with E-state index in [0.29, 0.717) is 5.92 Å². The van der Waals surface area contributed by atoms with E-state index in [4.69, 9.17) is 5.73 Å². The Hall–Kier alpha value is -1.00. The van der Waals surface area contributed by atoms with Crippen molar-refractivity contribution < 1.29 is 4.39 Å². The quantitative estimate of drug-likeness (QED) is 0.842. The molecule has 88 valence electrons. The molecule has 1 aliphatic heterocycles. The molecule has 1 aromatic heterocycles. The van der Waals surface area contributed by atoms with Crippen LogP contribution < -0.4 is 5.73 Å².